The molecule has 0 unspecified atom stereocenters. The summed E-state index contributed by atoms with van der Waals surface area (Å²) in [5, 5.41) is 2.73. The normalized spacial score (nSPS) is 11.4. The van der Waals surface area contributed by atoms with E-state index >= 15 is 0 Å². The van der Waals surface area contributed by atoms with Gasteiger partial charge in [-0.05, 0) is 37.3 Å². The van der Waals surface area contributed by atoms with Crippen molar-refractivity contribution in [3.8, 4) is 5.75 Å². The molecule has 1 N–H and O–H groups in total. The van der Waals surface area contributed by atoms with Crippen LogP contribution in [0.15, 0.2) is 47.5 Å². The number of hydrogen-bond acceptors (Lipinski definition) is 6. The Labute approximate surface area is 164 Å². The fraction of sp³-hybridized carbons (Fsp3) is 0.333. The molecule has 1 heterocycles. The van der Waals surface area contributed by atoms with Crippen LogP contribution in [-0.4, -0.2) is 50.1 Å². The molecular weight excluding hydrogens is 386 g/mol. The van der Waals surface area contributed by atoms with Crippen molar-refractivity contribution < 1.29 is 17.9 Å². The highest BCUT2D eigenvalue weighted by atomic mass is 32.2. The lowest BCUT2D eigenvalue weighted by Gasteiger charge is -2.16. The molecule has 9 heteroatoms. The van der Waals surface area contributed by atoms with E-state index in [0.29, 0.717) is 18.0 Å². The molecule has 1 amide bonds. The number of amides is 1. The predicted molar refractivity (Wildman–Crippen MR) is 108 cm³/mol. The topological polar surface area (TPSA) is 88.6 Å². The standard InChI is InChI=1S/C18H23N3O4S2/c1-4-25-16-9-8-14(11-17(16)27(23,24)21(2)3)20-18(22)13-26-12-15-7-5-6-10-19-15/h5-11H,4,12-13H2,1-3H3,(H,20,22). The van der Waals surface area contributed by atoms with Crippen molar-refractivity contribution >= 4 is 33.4 Å². The van der Waals surface area contributed by atoms with Crippen LogP contribution < -0.4 is 10.1 Å². The molecule has 0 fully saturated rings. The molecule has 0 aliphatic rings. The van der Waals surface area contributed by atoms with E-state index in [1.165, 1.54) is 31.9 Å². The average Bonchev–Trinajstić information content (AvgIpc) is 2.64. The van der Waals surface area contributed by atoms with E-state index in [9.17, 15) is 13.2 Å². The number of sulfonamides is 1. The second kappa shape index (κ2) is 9.72. The number of rotatable bonds is 9. The van der Waals surface area contributed by atoms with Crippen LogP contribution in [0.2, 0.25) is 0 Å². The highest BCUT2D eigenvalue weighted by Gasteiger charge is 2.23. The average molecular weight is 410 g/mol. The number of aromatic nitrogens is 1. The van der Waals surface area contributed by atoms with Gasteiger partial charge in [-0.1, -0.05) is 6.07 Å². The van der Waals surface area contributed by atoms with Crippen molar-refractivity contribution in [3.63, 3.8) is 0 Å². The van der Waals surface area contributed by atoms with E-state index in [4.69, 9.17) is 4.74 Å². The van der Waals surface area contributed by atoms with Crippen molar-refractivity contribution in [1.82, 2.24) is 9.29 Å². The van der Waals surface area contributed by atoms with E-state index in [1.807, 2.05) is 18.2 Å². The number of thioether (sulfide) groups is 1. The largest absolute Gasteiger partial charge is 0.492 e. The van der Waals surface area contributed by atoms with Crippen molar-refractivity contribution in [2.45, 2.75) is 17.6 Å². The third-order valence-electron chi connectivity index (χ3n) is 3.50. The van der Waals surface area contributed by atoms with Gasteiger partial charge >= 0.3 is 0 Å². The molecule has 7 nitrogen and oxygen atoms in total. The van der Waals surface area contributed by atoms with Gasteiger partial charge in [0.2, 0.25) is 15.9 Å². The van der Waals surface area contributed by atoms with Crippen LogP contribution in [0.25, 0.3) is 0 Å². The molecule has 2 rings (SSSR count). The summed E-state index contributed by atoms with van der Waals surface area (Å²) in [5.41, 5.74) is 1.30. The summed E-state index contributed by atoms with van der Waals surface area (Å²) in [4.78, 5) is 16.4. The summed E-state index contributed by atoms with van der Waals surface area (Å²) in [6.07, 6.45) is 1.71. The number of carbonyl (C=O) groups is 1. The van der Waals surface area contributed by atoms with E-state index in [1.54, 1.807) is 25.3 Å². The van der Waals surface area contributed by atoms with Gasteiger partial charge in [0.1, 0.15) is 10.6 Å². The van der Waals surface area contributed by atoms with Gasteiger partial charge in [0.05, 0.1) is 18.1 Å². The van der Waals surface area contributed by atoms with Gasteiger partial charge in [0, 0.05) is 31.7 Å². The lowest BCUT2D eigenvalue weighted by molar-refractivity contribution is -0.113. The number of nitrogens with one attached hydrogen (secondary N) is 1. The van der Waals surface area contributed by atoms with Crippen molar-refractivity contribution in [3.05, 3.63) is 48.3 Å². The van der Waals surface area contributed by atoms with Gasteiger partial charge < -0.3 is 10.1 Å². The second-order valence-electron chi connectivity index (χ2n) is 5.74. The molecule has 146 valence electrons. The maximum atomic E-state index is 12.5. The first-order valence-electron chi connectivity index (χ1n) is 8.31. The molecule has 1 aromatic heterocycles. The summed E-state index contributed by atoms with van der Waals surface area (Å²) >= 11 is 1.43. The van der Waals surface area contributed by atoms with Crippen LogP contribution in [-0.2, 0) is 20.6 Å². The Morgan fingerprint density at radius 1 is 1.26 bits per heavy atom. The molecule has 1 aromatic carbocycles. The number of ether oxygens (including phenoxy) is 1. The lowest BCUT2D eigenvalue weighted by Crippen LogP contribution is -2.23. The van der Waals surface area contributed by atoms with Crippen molar-refractivity contribution in [2.24, 2.45) is 0 Å². The smallest absolute Gasteiger partial charge is 0.246 e. The first kappa shape index (κ1) is 21.2. The summed E-state index contributed by atoms with van der Waals surface area (Å²) in [6, 6.07) is 10.2. The van der Waals surface area contributed by atoms with E-state index in [2.05, 4.69) is 10.3 Å². The van der Waals surface area contributed by atoms with Gasteiger partial charge in [-0.2, -0.15) is 0 Å². The number of benzene rings is 1. The van der Waals surface area contributed by atoms with Crippen LogP contribution in [0, 0.1) is 0 Å². The molecule has 0 aliphatic carbocycles. The second-order valence-corrected chi connectivity index (χ2v) is 8.85. The molecule has 0 spiro atoms. The Morgan fingerprint density at radius 2 is 2.04 bits per heavy atom. The van der Waals surface area contributed by atoms with Gasteiger partial charge in [0.15, 0.2) is 0 Å². The van der Waals surface area contributed by atoms with Crippen LogP contribution in [0.1, 0.15) is 12.6 Å². The van der Waals surface area contributed by atoms with Gasteiger partial charge in [0.25, 0.3) is 0 Å². The summed E-state index contributed by atoms with van der Waals surface area (Å²) in [7, 11) is -0.799. The Kier molecular flexibility index (Phi) is 7.64. The Bertz CT molecular complexity index is 871. The van der Waals surface area contributed by atoms with Crippen LogP contribution in [0.5, 0.6) is 5.75 Å². The molecule has 0 bridgehead atoms. The fourth-order valence-corrected chi connectivity index (χ4v) is 3.98. The number of anilines is 1. The summed E-state index contributed by atoms with van der Waals surface area (Å²) < 4.78 is 31.6. The van der Waals surface area contributed by atoms with Crippen LogP contribution in [0.4, 0.5) is 5.69 Å². The molecule has 0 atom stereocenters. The van der Waals surface area contributed by atoms with E-state index < -0.39 is 10.0 Å². The van der Waals surface area contributed by atoms with E-state index in [0.717, 1.165) is 10.00 Å². The highest BCUT2D eigenvalue weighted by molar-refractivity contribution is 7.99. The Morgan fingerprint density at radius 3 is 2.67 bits per heavy atom. The Balaban J connectivity index is 2.06. The monoisotopic (exact) mass is 409 g/mol. The first-order valence-corrected chi connectivity index (χ1v) is 10.9. The SMILES string of the molecule is CCOc1ccc(NC(=O)CSCc2ccccn2)cc1S(=O)(=O)N(C)C. The first-order chi connectivity index (χ1) is 12.8. The zero-order valence-electron chi connectivity index (χ0n) is 15.5. The zero-order valence-corrected chi connectivity index (χ0v) is 17.1. The molecule has 27 heavy (non-hydrogen) atoms. The summed E-state index contributed by atoms with van der Waals surface area (Å²) in [6.45, 7) is 2.12. The maximum Gasteiger partial charge on any atom is 0.246 e. The molecule has 0 aliphatic heterocycles. The maximum absolute atomic E-state index is 12.5. The summed E-state index contributed by atoms with van der Waals surface area (Å²) in [5.74, 6) is 0.902. The lowest BCUT2D eigenvalue weighted by atomic mass is 10.3. The van der Waals surface area contributed by atoms with Crippen LogP contribution >= 0.6 is 11.8 Å². The molecular formula is C18H23N3O4S2. The number of hydrogen-bond donors (Lipinski definition) is 1. The number of nitrogens with zero attached hydrogens (tertiary/aromatic N) is 2. The fourth-order valence-electron chi connectivity index (χ4n) is 2.19. The van der Waals surface area contributed by atoms with Gasteiger partial charge in [-0.25, -0.2) is 12.7 Å². The Hall–Kier alpha value is -2.10. The van der Waals surface area contributed by atoms with E-state index in [-0.39, 0.29) is 22.3 Å². The minimum atomic E-state index is -3.70. The minimum absolute atomic E-state index is 0.0216. The molecule has 2 aromatic rings. The van der Waals surface area contributed by atoms with Crippen molar-refractivity contribution in [2.75, 3.05) is 31.8 Å². The number of carbonyl (C=O) groups excluding carboxylic acids is 1. The number of pyridine rings is 1. The van der Waals surface area contributed by atoms with Crippen molar-refractivity contribution in [1.29, 1.82) is 0 Å². The van der Waals surface area contributed by atoms with Gasteiger partial charge in [-0.3, -0.25) is 9.78 Å². The minimum Gasteiger partial charge on any atom is -0.492 e. The highest BCUT2D eigenvalue weighted by Crippen LogP contribution is 2.29. The van der Waals surface area contributed by atoms with Gasteiger partial charge in [-0.15, -0.1) is 11.8 Å². The molecule has 0 saturated carbocycles. The zero-order chi connectivity index (χ0) is 19.9. The quantitative estimate of drug-likeness (QED) is 0.685. The third-order valence-corrected chi connectivity index (χ3v) is 6.30. The molecule has 0 radical (unpaired) electrons. The predicted octanol–water partition coefficient (Wildman–Crippen LogP) is 2.60. The molecule has 0 saturated heterocycles. The van der Waals surface area contributed by atoms with Crippen LogP contribution in [0.3, 0.4) is 0 Å². The third kappa shape index (κ3) is 5.95.